The molecule has 3 heteroatoms. The molecule has 0 saturated heterocycles. The summed E-state index contributed by atoms with van der Waals surface area (Å²) in [5.41, 5.74) is 1.21. The Balaban J connectivity index is 2.59. The van der Waals surface area contributed by atoms with Crippen LogP contribution in [0.15, 0.2) is 17.6 Å². The lowest BCUT2D eigenvalue weighted by Crippen LogP contribution is -1.93. The molecule has 0 spiro atoms. The Morgan fingerprint density at radius 1 is 1.31 bits per heavy atom. The van der Waals surface area contributed by atoms with Crippen LogP contribution in [0.2, 0.25) is 0 Å². The Labute approximate surface area is 84.2 Å². The van der Waals surface area contributed by atoms with Crippen LogP contribution in [0, 0.1) is 0 Å². The molecule has 0 aliphatic heterocycles. The quantitative estimate of drug-likeness (QED) is 0.546. The van der Waals surface area contributed by atoms with E-state index < -0.39 is 0 Å². The summed E-state index contributed by atoms with van der Waals surface area (Å²) in [7, 11) is 0. The van der Waals surface area contributed by atoms with Gasteiger partial charge in [-0.15, -0.1) is 0 Å². The van der Waals surface area contributed by atoms with E-state index in [1.165, 1.54) is 12.0 Å². The molecule has 0 bridgehead atoms. The van der Waals surface area contributed by atoms with E-state index in [0.29, 0.717) is 5.92 Å². The van der Waals surface area contributed by atoms with Crippen molar-refractivity contribution >= 4 is 11.8 Å². The number of rotatable bonds is 4. The lowest BCUT2D eigenvalue weighted by molar-refractivity contribution is 0.820. The first kappa shape index (κ1) is 10.5. The second-order valence-electron chi connectivity index (χ2n) is 3.30. The summed E-state index contributed by atoms with van der Waals surface area (Å²) in [5, 5.41) is 0.895. The molecule has 72 valence electrons. The molecule has 0 N–H and O–H groups in total. The molecule has 0 radical (unpaired) electrons. The van der Waals surface area contributed by atoms with Crippen LogP contribution in [-0.4, -0.2) is 15.7 Å². The highest BCUT2D eigenvalue weighted by Gasteiger charge is 2.00. The second-order valence-corrected chi connectivity index (χ2v) is 4.36. The van der Waals surface area contributed by atoms with Gasteiger partial charge < -0.3 is 0 Å². The van der Waals surface area contributed by atoms with Gasteiger partial charge in [0.05, 0.1) is 0 Å². The molecular formula is C10H16N2S. The van der Waals surface area contributed by atoms with Crippen molar-refractivity contribution in [3.05, 3.63) is 18.0 Å². The average molecular weight is 196 g/mol. The van der Waals surface area contributed by atoms with E-state index in [9.17, 15) is 0 Å². The van der Waals surface area contributed by atoms with Gasteiger partial charge in [0, 0.05) is 18.1 Å². The molecule has 0 fully saturated rings. The normalized spacial score (nSPS) is 10.8. The molecule has 1 heterocycles. The van der Waals surface area contributed by atoms with Gasteiger partial charge in [-0.2, -0.15) is 0 Å². The van der Waals surface area contributed by atoms with E-state index in [2.05, 4.69) is 30.7 Å². The maximum Gasteiger partial charge on any atom is 0.187 e. The zero-order valence-electron chi connectivity index (χ0n) is 8.45. The maximum absolute atomic E-state index is 4.29. The molecule has 0 unspecified atom stereocenters. The first-order chi connectivity index (χ1) is 6.24. The van der Waals surface area contributed by atoms with E-state index in [1.54, 1.807) is 11.8 Å². The number of aromatic nitrogens is 2. The van der Waals surface area contributed by atoms with Crippen molar-refractivity contribution in [2.75, 3.05) is 5.75 Å². The minimum absolute atomic E-state index is 0.519. The minimum atomic E-state index is 0.519. The molecule has 0 aliphatic rings. The van der Waals surface area contributed by atoms with Crippen LogP contribution in [0.4, 0.5) is 0 Å². The van der Waals surface area contributed by atoms with Gasteiger partial charge in [-0.05, 0) is 17.9 Å². The molecule has 1 aromatic rings. The minimum Gasteiger partial charge on any atom is -0.231 e. The molecule has 0 saturated carbocycles. The van der Waals surface area contributed by atoms with E-state index >= 15 is 0 Å². The Morgan fingerprint density at radius 3 is 2.38 bits per heavy atom. The zero-order chi connectivity index (χ0) is 9.68. The van der Waals surface area contributed by atoms with Gasteiger partial charge in [-0.1, -0.05) is 32.5 Å². The topological polar surface area (TPSA) is 25.8 Å². The molecule has 0 aliphatic carbocycles. The van der Waals surface area contributed by atoms with Crippen LogP contribution >= 0.6 is 11.8 Å². The molecule has 0 aromatic carbocycles. The SMILES string of the molecule is CCCSc1ncc(C(C)C)cn1. The van der Waals surface area contributed by atoms with Gasteiger partial charge in [-0.3, -0.25) is 0 Å². The highest BCUT2D eigenvalue weighted by molar-refractivity contribution is 7.99. The highest BCUT2D eigenvalue weighted by atomic mass is 32.2. The van der Waals surface area contributed by atoms with Gasteiger partial charge in [-0.25, -0.2) is 9.97 Å². The number of hydrogen-bond donors (Lipinski definition) is 0. The monoisotopic (exact) mass is 196 g/mol. The van der Waals surface area contributed by atoms with E-state index in [1.807, 2.05) is 12.4 Å². The summed E-state index contributed by atoms with van der Waals surface area (Å²) in [4.78, 5) is 8.58. The smallest absolute Gasteiger partial charge is 0.187 e. The molecule has 1 aromatic heterocycles. The Morgan fingerprint density at radius 2 is 1.92 bits per heavy atom. The summed E-state index contributed by atoms with van der Waals surface area (Å²) in [6.45, 7) is 6.46. The standard InChI is InChI=1S/C10H16N2S/c1-4-5-13-10-11-6-9(7-12-10)8(2)3/h6-8H,4-5H2,1-3H3. The Kier molecular flexibility index (Phi) is 4.22. The van der Waals surface area contributed by atoms with Crippen LogP contribution < -0.4 is 0 Å². The van der Waals surface area contributed by atoms with E-state index in [0.717, 1.165) is 10.9 Å². The molecule has 13 heavy (non-hydrogen) atoms. The average Bonchev–Trinajstić information content (AvgIpc) is 2.15. The fraction of sp³-hybridized carbons (Fsp3) is 0.600. The van der Waals surface area contributed by atoms with Gasteiger partial charge in [0.25, 0.3) is 0 Å². The molecule has 0 amide bonds. The number of hydrogen-bond acceptors (Lipinski definition) is 3. The van der Waals surface area contributed by atoms with Crippen molar-refractivity contribution in [3.8, 4) is 0 Å². The van der Waals surface area contributed by atoms with Gasteiger partial charge in [0.1, 0.15) is 0 Å². The van der Waals surface area contributed by atoms with Gasteiger partial charge >= 0.3 is 0 Å². The third kappa shape index (κ3) is 3.35. The van der Waals surface area contributed by atoms with Crippen molar-refractivity contribution in [1.29, 1.82) is 0 Å². The van der Waals surface area contributed by atoms with Crippen molar-refractivity contribution in [1.82, 2.24) is 9.97 Å². The summed E-state index contributed by atoms with van der Waals surface area (Å²) in [6.07, 6.45) is 5.02. The fourth-order valence-electron chi connectivity index (χ4n) is 0.892. The van der Waals surface area contributed by atoms with Crippen LogP contribution in [0.25, 0.3) is 0 Å². The largest absolute Gasteiger partial charge is 0.231 e. The summed E-state index contributed by atoms with van der Waals surface area (Å²) in [6, 6.07) is 0. The molecular weight excluding hydrogens is 180 g/mol. The van der Waals surface area contributed by atoms with E-state index in [4.69, 9.17) is 0 Å². The third-order valence-corrected chi connectivity index (χ3v) is 2.83. The third-order valence-electron chi connectivity index (χ3n) is 1.75. The Hall–Kier alpha value is -0.570. The summed E-state index contributed by atoms with van der Waals surface area (Å²) < 4.78 is 0. The van der Waals surface area contributed by atoms with Crippen LogP contribution in [0.3, 0.4) is 0 Å². The van der Waals surface area contributed by atoms with Crippen LogP contribution in [0.1, 0.15) is 38.7 Å². The number of nitrogens with zero attached hydrogens (tertiary/aromatic N) is 2. The molecule has 1 rings (SSSR count). The Bertz CT molecular complexity index is 244. The predicted octanol–water partition coefficient (Wildman–Crippen LogP) is 3.10. The lowest BCUT2D eigenvalue weighted by atomic mass is 10.1. The predicted molar refractivity (Wildman–Crippen MR) is 57.1 cm³/mol. The number of thioether (sulfide) groups is 1. The summed E-state index contributed by atoms with van der Waals surface area (Å²) in [5.74, 6) is 1.62. The van der Waals surface area contributed by atoms with Crippen LogP contribution in [-0.2, 0) is 0 Å². The highest BCUT2D eigenvalue weighted by Crippen LogP contribution is 2.16. The van der Waals surface area contributed by atoms with Crippen LogP contribution in [0.5, 0.6) is 0 Å². The summed E-state index contributed by atoms with van der Waals surface area (Å²) >= 11 is 1.72. The van der Waals surface area contributed by atoms with E-state index in [-0.39, 0.29) is 0 Å². The zero-order valence-corrected chi connectivity index (χ0v) is 9.27. The molecule has 2 nitrogen and oxygen atoms in total. The second kappa shape index (κ2) is 5.22. The lowest BCUT2D eigenvalue weighted by Gasteiger charge is -2.03. The molecule has 0 atom stereocenters. The maximum atomic E-state index is 4.29. The fourth-order valence-corrected chi connectivity index (χ4v) is 1.53. The van der Waals surface area contributed by atoms with Crippen molar-refractivity contribution in [3.63, 3.8) is 0 Å². The van der Waals surface area contributed by atoms with Crippen molar-refractivity contribution in [2.24, 2.45) is 0 Å². The van der Waals surface area contributed by atoms with Gasteiger partial charge in [0.15, 0.2) is 5.16 Å². The first-order valence-corrected chi connectivity index (χ1v) is 5.67. The van der Waals surface area contributed by atoms with Crippen molar-refractivity contribution in [2.45, 2.75) is 38.3 Å². The first-order valence-electron chi connectivity index (χ1n) is 4.68. The van der Waals surface area contributed by atoms with Gasteiger partial charge in [0.2, 0.25) is 0 Å². The van der Waals surface area contributed by atoms with Crippen molar-refractivity contribution < 1.29 is 0 Å².